The number of anilines is 1. The van der Waals surface area contributed by atoms with Gasteiger partial charge < -0.3 is 14.8 Å². The lowest BCUT2D eigenvalue weighted by Crippen LogP contribution is -2.14. The Kier molecular flexibility index (Phi) is 4.61. The number of ether oxygens (including phenoxy) is 2. The maximum Gasteiger partial charge on any atom is 0.230 e. The molecule has 1 amide bonds. The van der Waals surface area contributed by atoms with Crippen LogP contribution in [0.3, 0.4) is 0 Å². The van der Waals surface area contributed by atoms with Crippen LogP contribution in [0.25, 0.3) is 10.2 Å². The van der Waals surface area contributed by atoms with Crippen molar-refractivity contribution < 1.29 is 18.7 Å². The summed E-state index contributed by atoms with van der Waals surface area (Å²) in [6.07, 6.45) is 0.0837. The zero-order valence-corrected chi connectivity index (χ0v) is 13.9. The summed E-state index contributed by atoms with van der Waals surface area (Å²) >= 11 is 1.34. The van der Waals surface area contributed by atoms with Crippen molar-refractivity contribution in [2.24, 2.45) is 0 Å². The first-order valence-corrected chi connectivity index (χ1v) is 7.97. The van der Waals surface area contributed by atoms with Crippen molar-refractivity contribution in [1.82, 2.24) is 4.98 Å². The number of carbonyl (C=O) groups is 1. The second kappa shape index (κ2) is 6.84. The SMILES string of the molecule is COc1cc2nc(NC(=O)Cc3cccc(F)c3)sc2cc1OC. The van der Waals surface area contributed by atoms with Crippen LogP contribution < -0.4 is 14.8 Å². The molecular formula is C17H15FN2O3S. The Labute approximate surface area is 142 Å². The van der Waals surface area contributed by atoms with Crippen LogP contribution in [-0.2, 0) is 11.2 Å². The van der Waals surface area contributed by atoms with Gasteiger partial charge in [0, 0.05) is 12.1 Å². The normalized spacial score (nSPS) is 10.6. The van der Waals surface area contributed by atoms with Crippen molar-refractivity contribution >= 4 is 32.6 Å². The average molecular weight is 346 g/mol. The molecule has 0 bridgehead atoms. The molecule has 1 heterocycles. The summed E-state index contributed by atoms with van der Waals surface area (Å²) in [4.78, 5) is 16.5. The first-order chi connectivity index (χ1) is 11.6. The molecule has 0 aliphatic carbocycles. The Morgan fingerprint density at radius 1 is 1.21 bits per heavy atom. The van der Waals surface area contributed by atoms with Crippen LogP contribution in [0.4, 0.5) is 9.52 Å². The number of aromatic nitrogens is 1. The molecular weight excluding hydrogens is 331 g/mol. The van der Waals surface area contributed by atoms with E-state index in [0.717, 1.165) is 4.70 Å². The molecule has 0 aliphatic heterocycles. The van der Waals surface area contributed by atoms with Crippen LogP contribution in [0.1, 0.15) is 5.56 Å². The molecule has 0 saturated carbocycles. The minimum atomic E-state index is -0.362. The zero-order valence-electron chi connectivity index (χ0n) is 13.1. The molecule has 0 saturated heterocycles. The maximum absolute atomic E-state index is 13.2. The monoisotopic (exact) mass is 346 g/mol. The van der Waals surface area contributed by atoms with Gasteiger partial charge in [-0.15, -0.1) is 0 Å². The lowest BCUT2D eigenvalue weighted by molar-refractivity contribution is -0.115. The maximum atomic E-state index is 13.2. The molecule has 0 atom stereocenters. The third-order valence-electron chi connectivity index (χ3n) is 3.39. The quantitative estimate of drug-likeness (QED) is 0.766. The molecule has 1 aromatic heterocycles. The van der Waals surface area contributed by atoms with E-state index in [0.29, 0.717) is 27.7 Å². The van der Waals surface area contributed by atoms with E-state index in [1.165, 1.54) is 23.5 Å². The van der Waals surface area contributed by atoms with Crippen molar-refractivity contribution in [3.05, 3.63) is 47.8 Å². The summed E-state index contributed by atoms with van der Waals surface area (Å²) in [5, 5.41) is 3.21. The predicted molar refractivity (Wildman–Crippen MR) is 91.5 cm³/mol. The number of rotatable bonds is 5. The van der Waals surface area contributed by atoms with Gasteiger partial charge >= 0.3 is 0 Å². The first-order valence-electron chi connectivity index (χ1n) is 7.16. The van der Waals surface area contributed by atoms with Gasteiger partial charge in [-0.25, -0.2) is 9.37 Å². The van der Waals surface area contributed by atoms with Gasteiger partial charge in [0.25, 0.3) is 0 Å². The van der Waals surface area contributed by atoms with Crippen molar-refractivity contribution in [1.29, 1.82) is 0 Å². The number of benzene rings is 2. The third-order valence-corrected chi connectivity index (χ3v) is 4.33. The summed E-state index contributed by atoms with van der Waals surface area (Å²) in [7, 11) is 3.12. The highest BCUT2D eigenvalue weighted by atomic mass is 32.1. The van der Waals surface area contributed by atoms with Crippen molar-refractivity contribution in [3.8, 4) is 11.5 Å². The van der Waals surface area contributed by atoms with E-state index in [-0.39, 0.29) is 18.1 Å². The number of nitrogens with one attached hydrogen (secondary N) is 1. The number of fused-ring (bicyclic) bond motifs is 1. The number of thiazole rings is 1. The van der Waals surface area contributed by atoms with Crippen LogP contribution in [0.2, 0.25) is 0 Å². The van der Waals surface area contributed by atoms with Crippen molar-refractivity contribution in [3.63, 3.8) is 0 Å². The first kappa shape index (κ1) is 16.2. The van der Waals surface area contributed by atoms with Crippen molar-refractivity contribution in [2.45, 2.75) is 6.42 Å². The van der Waals surface area contributed by atoms with Crippen LogP contribution >= 0.6 is 11.3 Å². The van der Waals surface area contributed by atoms with Gasteiger partial charge in [0.1, 0.15) is 5.82 Å². The second-order valence-electron chi connectivity index (χ2n) is 5.05. The lowest BCUT2D eigenvalue weighted by Gasteiger charge is -2.05. The summed E-state index contributed by atoms with van der Waals surface area (Å²) in [6.45, 7) is 0. The number of halogens is 1. The number of methoxy groups -OCH3 is 2. The van der Waals surface area contributed by atoms with Gasteiger partial charge in [-0.3, -0.25) is 4.79 Å². The van der Waals surface area contributed by atoms with Gasteiger partial charge in [0.15, 0.2) is 16.6 Å². The molecule has 2 aromatic carbocycles. The lowest BCUT2D eigenvalue weighted by atomic mass is 10.1. The Bertz CT molecular complexity index is 854. The van der Waals surface area contributed by atoms with Gasteiger partial charge in [0.2, 0.25) is 5.91 Å². The molecule has 5 nitrogen and oxygen atoms in total. The zero-order chi connectivity index (χ0) is 17.1. The van der Waals surface area contributed by atoms with Crippen LogP contribution in [0, 0.1) is 5.82 Å². The van der Waals surface area contributed by atoms with Crippen LogP contribution in [-0.4, -0.2) is 25.1 Å². The molecule has 3 aromatic rings. The molecule has 0 unspecified atom stereocenters. The van der Waals surface area contributed by atoms with E-state index in [1.54, 1.807) is 32.4 Å². The summed E-state index contributed by atoms with van der Waals surface area (Å²) in [5.41, 5.74) is 1.32. The van der Waals surface area contributed by atoms with E-state index in [4.69, 9.17) is 9.47 Å². The number of nitrogens with zero attached hydrogens (tertiary/aromatic N) is 1. The van der Waals surface area contributed by atoms with E-state index < -0.39 is 0 Å². The summed E-state index contributed by atoms with van der Waals surface area (Å²) in [6, 6.07) is 9.54. The highest BCUT2D eigenvalue weighted by Crippen LogP contribution is 2.36. The molecule has 0 fully saturated rings. The number of hydrogen-bond donors (Lipinski definition) is 1. The van der Waals surface area contributed by atoms with Gasteiger partial charge in [-0.2, -0.15) is 0 Å². The van der Waals surface area contributed by atoms with E-state index in [2.05, 4.69) is 10.3 Å². The largest absolute Gasteiger partial charge is 0.493 e. The highest BCUT2D eigenvalue weighted by molar-refractivity contribution is 7.22. The van der Waals surface area contributed by atoms with E-state index >= 15 is 0 Å². The molecule has 3 rings (SSSR count). The number of hydrogen-bond acceptors (Lipinski definition) is 5. The van der Waals surface area contributed by atoms with Gasteiger partial charge in [0.05, 0.1) is 30.9 Å². The standard InChI is InChI=1S/C17H15FN2O3S/c1-22-13-8-12-15(9-14(13)23-2)24-17(19-12)20-16(21)7-10-4-3-5-11(18)6-10/h3-6,8-9H,7H2,1-2H3,(H,19,20,21). The Morgan fingerprint density at radius 2 is 1.96 bits per heavy atom. The molecule has 7 heteroatoms. The Balaban J connectivity index is 1.78. The van der Waals surface area contributed by atoms with E-state index in [1.807, 2.05) is 6.07 Å². The second-order valence-corrected chi connectivity index (χ2v) is 6.08. The number of amides is 1. The van der Waals surface area contributed by atoms with Gasteiger partial charge in [-0.1, -0.05) is 23.5 Å². The summed E-state index contributed by atoms with van der Waals surface area (Å²) < 4.78 is 24.5. The summed E-state index contributed by atoms with van der Waals surface area (Å²) in [5.74, 6) is 0.567. The molecule has 0 spiro atoms. The van der Waals surface area contributed by atoms with Crippen LogP contribution in [0.5, 0.6) is 11.5 Å². The highest BCUT2D eigenvalue weighted by Gasteiger charge is 2.12. The smallest absolute Gasteiger partial charge is 0.230 e. The van der Waals surface area contributed by atoms with Crippen LogP contribution in [0.15, 0.2) is 36.4 Å². The Hall–Kier alpha value is -2.67. The molecule has 124 valence electrons. The molecule has 24 heavy (non-hydrogen) atoms. The molecule has 0 aliphatic rings. The molecule has 1 N–H and O–H groups in total. The third kappa shape index (κ3) is 3.46. The van der Waals surface area contributed by atoms with E-state index in [9.17, 15) is 9.18 Å². The van der Waals surface area contributed by atoms with Gasteiger partial charge in [-0.05, 0) is 17.7 Å². The predicted octanol–water partition coefficient (Wildman–Crippen LogP) is 3.63. The molecule has 0 radical (unpaired) electrons. The minimum absolute atomic E-state index is 0.0837. The fourth-order valence-electron chi connectivity index (χ4n) is 2.30. The topological polar surface area (TPSA) is 60.5 Å². The Morgan fingerprint density at radius 3 is 2.67 bits per heavy atom. The minimum Gasteiger partial charge on any atom is -0.493 e. The fourth-order valence-corrected chi connectivity index (χ4v) is 3.20. The fraction of sp³-hybridized carbons (Fsp3) is 0.176. The number of carbonyl (C=O) groups excluding carboxylic acids is 1. The average Bonchev–Trinajstić information content (AvgIpc) is 2.94. The van der Waals surface area contributed by atoms with Crippen molar-refractivity contribution in [2.75, 3.05) is 19.5 Å².